The Morgan fingerprint density at radius 2 is 1.97 bits per heavy atom. The first-order chi connectivity index (χ1) is 15.8. The van der Waals surface area contributed by atoms with Crippen LogP contribution < -0.4 is 10.7 Å². The number of benzene rings is 2. The summed E-state index contributed by atoms with van der Waals surface area (Å²) in [6.45, 7) is 5.41. The van der Waals surface area contributed by atoms with E-state index >= 15 is 0 Å². The van der Waals surface area contributed by atoms with E-state index in [1.165, 1.54) is 5.01 Å². The van der Waals surface area contributed by atoms with E-state index in [9.17, 15) is 9.59 Å². The van der Waals surface area contributed by atoms with Gasteiger partial charge in [0.1, 0.15) is 11.6 Å². The average molecular weight is 485 g/mol. The lowest BCUT2D eigenvalue weighted by atomic mass is 9.95. The third kappa shape index (κ3) is 4.55. The number of hydrogen-bond donors (Lipinski definition) is 2. The first kappa shape index (κ1) is 22.8. The van der Waals surface area contributed by atoms with E-state index in [1.54, 1.807) is 63.2 Å². The van der Waals surface area contributed by atoms with Crippen LogP contribution >= 0.6 is 23.8 Å². The van der Waals surface area contributed by atoms with Crippen molar-refractivity contribution in [3.8, 4) is 0 Å². The van der Waals surface area contributed by atoms with Gasteiger partial charge in [-0.15, -0.1) is 0 Å². The predicted molar refractivity (Wildman–Crippen MR) is 127 cm³/mol. The number of allylic oxidation sites excluding steroid dienone is 1. The maximum atomic E-state index is 13.2. The van der Waals surface area contributed by atoms with Crippen LogP contribution in [0.2, 0.25) is 5.02 Å². The number of ether oxygens (including phenoxy) is 1. The number of rotatable bonds is 5. The Morgan fingerprint density at radius 1 is 1.24 bits per heavy atom. The van der Waals surface area contributed by atoms with E-state index in [-0.39, 0.29) is 11.7 Å². The van der Waals surface area contributed by atoms with Crippen LogP contribution in [0.25, 0.3) is 11.1 Å². The second-order valence-electron chi connectivity index (χ2n) is 7.37. The van der Waals surface area contributed by atoms with Crippen LogP contribution in [0, 0.1) is 6.92 Å². The van der Waals surface area contributed by atoms with E-state index in [0.717, 1.165) is 0 Å². The summed E-state index contributed by atoms with van der Waals surface area (Å²) in [5, 5.41) is 5.20. The molecule has 1 atom stereocenters. The monoisotopic (exact) mass is 484 g/mol. The number of nitrogens with one attached hydrogen (secondary N) is 2. The summed E-state index contributed by atoms with van der Waals surface area (Å²) < 4.78 is 10.8. The summed E-state index contributed by atoms with van der Waals surface area (Å²) in [5.74, 6) is -0.432. The van der Waals surface area contributed by atoms with E-state index in [1.807, 2.05) is 0 Å². The van der Waals surface area contributed by atoms with Crippen LogP contribution in [-0.2, 0) is 9.53 Å². The number of halogens is 1. The van der Waals surface area contributed by atoms with Crippen LogP contribution in [0.3, 0.4) is 0 Å². The second-order valence-corrected chi connectivity index (χ2v) is 8.19. The minimum absolute atomic E-state index is 0.205. The lowest BCUT2D eigenvalue weighted by molar-refractivity contribution is -0.139. The number of aryl methyl sites for hydroxylation is 1. The standard InChI is InChI=1S/C23H21ClN4O4S/c1-4-31-22(30)19-12(2)25-23(33)28(20(19)14-5-8-16(24)9-6-14)27-21(29)15-7-10-18-17(11-15)26-13(3)32-18/h5-11,20H,4H2,1-3H3,(H,25,33)(H,27,29). The third-order valence-corrected chi connectivity index (χ3v) is 5.66. The normalized spacial score (nSPS) is 16.1. The quantitative estimate of drug-likeness (QED) is 0.411. The van der Waals surface area contributed by atoms with Gasteiger partial charge in [-0.05, 0) is 62.0 Å². The smallest absolute Gasteiger partial charge is 0.338 e. The van der Waals surface area contributed by atoms with Crippen molar-refractivity contribution in [1.82, 2.24) is 20.7 Å². The van der Waals surface area contributed by atoms with Crippen LogP contribution in [0.4, 0.5) is 0 Å². The lowest BCUT2D eigenvalue weighted by Crippen LogP contribution is -2.56. The number of nitrogens with zero attached hydrogens (tertiary/aromatic N) is 2. The number of aromatic nitrogens is 1. The molecule has 0 bridgehead atoms. The molecule has 1 aliphatic heterocycles. The van der Waals surface area contributed by atoms with Gasteiger partial charge < -0.3 is 14.5 Å². The Morgan fingerprint density at radius 3 is 2.67 bits per heavy atom. The fourth-order valence-electron chi connectivity index (χ4n) is 3.65. The maximum Gasteiger partial charge on any atom is 0.338 e. The number of hydrazine groups is 1. The SMILES string of the molecule is CCOC(=O)C1=C(C)NC(=S)N(NC(=O)c2ccc3oc(C)nc3c2)C1c1ccc(Cl)cc1. The van der Waals surface area contributed by atoms with Crippen molar-refractivity contribution in [2.75, 3.05) is 6.61 Å². The summed E-state index contributed by atoms with van der Waals surface area (Å²) in [4.78, 5) is 30.3. The Balaban J connectivity index is 1.73. The van der Waals surface area contributed by atoms with Gasteiger partial charge in [0, 0.05) is 23.2 Å². The minimum atomic E-state index is -0.725. The van der Waals surface area contributed by atoms with Crippen molar-refractivity contribution in [1.29, 1.82) is 0 Å². The molecule has 170 valence electrons. The number of amides is 1. The Labute approximate surface area is 200 Å². The van der Waals surface area contributed by atoms with Crippen molar-refractivity contribution in [3.05, 3.63) is 75.8 Å². The molecule has 2 N–H and O–H groups in total. The van der Waals surface area contributed by atoms with Gasteiger partial charge >= 0.3 is 5.97 Å². The molecular formula is C23H21ClN4O4S. The van der Waals surface area contributed by atoms with E-state index in [2.05, 4.69) is 15.7 Å². The molecule has 4 rings (SSSR count). The molecule has 3 aromatic rings. The van der Waals surface area contributed by atoms with Gasteiger partial charge in [-0.1, -0.05) is 23.7 Å². The first-order valence-corrected chi connectivity index (χ1v) is 11.0. The van der Waals surface area contributed by atoms with Crippen LogP contribution in [0.15, 0.2) is 58.2 Å². The second kappa shape index (κ2) is 9.21. The number of thiocarbonyl (C=S) groups is 1. The zero-order valence-corrected chi connectivity index (χ0v) is 19.7. The Hall–Kier alpha value is -3.43. The molecule has 2 heterocycles. The molecule has 1 unspecified atom stereocenters. The molecule has 0 saturated carbocycles. The number of oxazole rings is 1. The molecule has 0 aliphatic carbocycles. The molecule has 33 heavy (non-hydrogen) atoms. The summed E-state index contributed by atoms with van der Waals surface area (Å²) in [7, 11) is 0. The number of hydrogen-bond acceptors (Lipinski definition) is 6. The first-order valence-electron chi connectivity index (χ1n) is 10.2. The summed E-state index contributed by atoms with van der Waals surface area (Å²) in [5.41, 5.74) is 5.91. The maximum absolute atomic E-state index is 13.2. The molecular weight excluding hydrogens is 464 g/mol. The molecule has 1 aromatic heterocycles. The highest BCUT2D eigenvalue weighted by molar-refractivity contribution is 7.80. The fourth-order valence-corrected chi connectivity index (χ4v) is 4.08. The lowest BCUT2D eigenvalue weighted by Gasteiger charge is -2.39. The van der Waals surface area contributed by atoms with Gasteiger partial charge in [-0.3, -0.25) is 10.2 Å². The molecule has 0 saturated heterocycles. The van der Waals surface area contributed by atoms with E-state index in [0.29, 0.717) is 44.4 Å². The van der Waals surface area contributed by atoms with Crippen LogP contribution in [0.1, 0.15) is 41.7 Å². The summed E-state index contributed by atoms with van der Waals surface area (Å²) in [6, 6.07) is 11.2. The number of esters is 1. The van der Waals surface area contributed by atoms with Crippen LogP contribution in [0.5, 0.6) is 0 Å². The molecule has 8 nitrogen and oxygen atoms in total. The molecule has 0 spiro atoms. The third-order valence-electron chi connectivity index (χ3n) is 5.11. The Kier molecular flexibility index (Phi) is 6.35. The highest BCUT2D eigenvalue weighted by atomic mass is 35.5. The largest absolute Gasteiger partial charge is 0.463 e. The molecule has 1 amide bonds. The molecule has 1 aliphatic rings. The average Bonchev–Trinajstić information content (AvgIpc) is 3.15. The van der Waals surface area contributed by atoms with Gasteiger partial charge in [-0.25, -0.2) is 14.8 Å². The highest BCUT2D eigenvalue weighted by Gasteiger charge is 2.38. The topological polar surface area (TPSA) is 96.7 Å². The number of carbonyl (C=O) groups is 2. The number of fused-ring (bicyclic) bond motifs is 1. The van der Waals surface area contributed by atoms with Crippen molar-refractivity contribution >= 4 is 51.9 Å². The minimum Gasteiger partial charge on any atom is -0.463 e. The van der Waals surface area contributed by atoms with E-state index < -0.39 is 17.9 Å². The fraction of sp³-hybridized carbons (Fsp3) is 0.217. The van der Waals surface area contributed by atoms with Gasteiger partial charge in [0.2, 0.25) is 0 Å². The molecule has 0 radical (unpaired) electrons. The predicted octanol–water partition coefficient (Wildman–Crippen LogP) is 4.20. The van der Waals surface area contributed by atoms with Crippen molar-refractivity contribution in [2.24, 2.45) is 0 Å². The molecule has 2 aromatic carbocycles. The number of carbonyl (C=O) groups excluding carboxylic acids is 2. The van der Waals surface area contributed by atoms with Crippen molar-refractivity contribution in [2.45, 2.75) is 26.8 Å². The van der Waals surface area contributed by atoms with Crippen molar-refractivity contribution in [3.63, 3.8) is 0 Å². The molecule has 10 heteroatoms. The van der Waals surface area contributed by atoms with Crippen molar-refractivity contribution < 1.29 is 18.7 Å². The summed E-state index contributed by atoms with van der Waals surface area (Å²) >= 11 is 11.6. The van der Waals surface area contributed by atoms with E-state index in [4.69, 9.17) is 33.0 Å². The zero-order chi connectivity index (χ0) is 23.7. The van der Waals surface area contributed by atoms with Gasteiger partial charge in [0.15, 0.2) is 16.6 Å². The Bertz CT molecular complexity index is 1290. The summed E-state index contributed by atoms with van der Waals surface area (Å²) in [6.07, 6.45) is 0. The van der Waals surface area contributed by atoms with Crippen LogP contribution in [-0.4, -0.2) is 33.6 Å². The highest BCUT2D eigenvalue weighted by Crippen LogP contribution is 2.34. The van der Waals surface area contributed by atoms with Gasteiger partial charge in [-0.2, -0.15) is 0 Å². The molecule has 0 fully saturated rings. The van der Waals surface area contributed by atoms with Gasteiger partial charge in [0.05, 0.1) is 12.2 Å². The zero-order valence-electron chi connectivity index (χ0n) is 18.1. The van der Waals surface area contributed by atoms with Gasteiger partial charge in [0.25, 0.3) is 5.91 Å².